The average molecular weight is 408 g/mol. The van der Waals surface area contributed by atoms with Crippen LogP contribution in [0, 0.1) is 23.1 Å². The third kappa shape index (κ3) is 3.65. The van der Waals surface area contributed by atoms with E-state index in [4.69, 9.17) is 5.41 Å². The lowest BCUT2D eigenvalue weighted by atomic mass is 9.72. The van der Waals surface area contributed by atoms with Gasteiger partial charge in [0.1, 0.15) is 17.0 Å². The lowest BCUT2D eigenvalue weighted by Gasteiger charge is -2.37. The van der Waals surface area contributed by atoms with Crippen LogP contribution >= 0.6 is 0 Å². The Bertz CT molecular complexity index is 1120. The smallest absolute Gasteiger partial charge is 0.255 e. The van der Waals surface area contributed by atoms with Crippen molar-refractivity contribution >= 4 is 28.5 Å². The Balaban J connectivity index is 1.61. The number of H-pyrrole nitrogens is 1. The van der Waals surface area contributed by atoms with Gasteiger partial charge in [0.15, 0.2) is 5.65 Å². The van der Waals surface area contributed by atoms with Gasteiger partial charge in [-0.15, -0.1) is 0 Å². The first-order chi connectivity index (χ1) is 14.4. The van der Waals surface area contributed by atoms with Crippen molar-refractivity contribution in [3.63, 3.8) is 0 Å². The van der Waals surface area contributed by atoms with Crippen molar-refractivity contribution in [2.75, 3.05) is 12.4 Å². The lowest BCUT2D eigenvalue weighted by Crippen LogP contribution is -2.43. The molecule has 4 rings (SSSR count). The van der Waals surface area contributed by atoms with Crippen LogP contribution in [0.4, 0.5) is 10.1 Å². The van der Waals surface area contributed by atoms with E-state index in [0.717, 1.165) is 18.8 Å². The van der Waals surface area contributed by atoms with Crippen LogP contribution in [-0.4, -0.2) is 39.7 Å². The van der Waals surface area contributed by atoms with Gasteiger partial charge in [-0.2, -0.15) is 0 Å². The number of anilines is 1. The number of halogens is 1. The number of rotatable bonds is 6. The van der Waals surface area contributed by atoms with Crippen molar-refractivity contribution in [1.82, 2.24) is 20.3 Å². The third-order valence-corrected chi connectivity index (χ3v) is 5.88. The van der Waals surface area contributed by atoms with E-state index < -0.39 is 5.82 Å². The molecule has 0 radical (unpaired) electrons. The molecule has 1 saturated carbocycles. The van der Waals surface area contributed by atoms with E-state index in [1.54, 1.807) is 13.2 Å². The molecule has 0 spiro atoms. The van der Waals surface area contributed by atoms with Gasteiger partial charge in [0, 0.05) is 30.5 Å². The number of benzene rings is 1. The SMILES string of the molecule is CNc1cc(F)ccc1C(=N)c1cnc2[nH]cc(C(=O)NC(C)C3CC(C)C3)c2n1. The molecule has 1 fully saturated rings. The van der Waals surface area contributed by atoms with Gasteiger partial charge in [-0.25, -0.2) is 14.4 Å². The fourth-order valence-electron chi connectivity index (χ4n) is 4.04. The molecule has 1 unspecified atom stereocenters. The van der Waals surface area contributed by atoms with Crippen LogP contribution in [0.25, 0.3) is 11.2 Å². The van der Waals surface area contributed by atoms with Crippen molar-refractivity contribution in [2.24, 2.45) is 11.8 Å². The van der Waals surface area contributed by atoms with E-state index in [9.17, 15) is 9.18 Å². The lowest BCUT2D eigenvalue weighted by molar-refractivity contribution is 0.0883. The predicted molar refractivity (Wildman–Crippen MR) is 115 cm³/mol. The molecule has 1 atom stereocenters. The van der Waals surface area contributed by atoms with E-state index in [-0.39, 0.29) is 17.7 Å². The average Bonchev–Trinajstić information content (AvgIpc) is 3.14. The first-order valence-electron chi connectivity index (χ1n) is 10.1. The summed E-state index contributed by atoms with van der Waals surface area (Å²) in [6, 6.07) is 4.24. The topological polar surface area (TPSA) is 107 Å². The molecule has 2 aromatic heterocycles. The number of carbonyl (C=O) groups is 1. The molecule has 156 valence electrons. The van der Waals surface area contributed by atoms with E-state index in [1.807, 2.05) is 6.92 Å². The third-order valence-electron chi connectivity index (χ3n) is 5.88. The minimum Gasteiger partial charge on any atom is -0.387 e. The van der Waals surface area contributed by atoms with Gasteiger partial charge in [-0.3, -0.25) is 10.2 Å². The van der Waals surface area contributed by atoms with Gasteiger partial charge >= 0.3 is 0 Å². The number of aromatic amines is 1. The molecular formula is C22H25FN6O. The molecule has 3 aromatic rings. The van der Waals surface area contributed by atoms with Gasteiger partial charge in [0.2, 0.25) is 0 Å². The van der Waals surface area contributed by atoms with Crippen molar-refractivity contribution in [2.45, 2.75) is 32.7 Å². The highest BCUT2D eigenvalue weighted by atomic mass is 19.1. The molecular weight excluding hydrogens is 383 g/mol. The molecule has 1 aliphatic carbocycles. The molecule has 1 aliphatic rings. The maximum Gasteiger partial charge on any atom is 0.255 e. The summed E-state index contributed by atoms with van der Waals surface area (Å²) in [6.07, 6.45) is 5.33. The Labute approximate surface area is 174 Å². The summed E-state index contributed by atoms with van der Waals surface area (Å²) in [6.45, 7) is 4.25. The zero-order valence-corrected chi connectivity index (χ0v) is 17.2. The molecule has 7 nitrogen and oxygen atoms in total. The minimum atomic E-state index is -0.392. The van der Waals surface area contributed by atoms with Gasteiger partial charge in [-0.1, -0.05) is 6.92 Å². The van der Waals surface area contributed by atoms with E-state index in [2.05, 4.69) is 32.5 Å². The predicted octanol–water partition coefficient (Wildman–Crippen LogP) is 3.72. The first kappa shape index (κ1) is 20.0. The Hall–Kier alpha value is -3.29. The Kier molecular flexibility index (Phi) is 5.24. The summed E-state index contributed by atoms with van der Waals surface area (Å²) in [5.41, 5.74) is 2.68. The van der Waals surface area contributed by atoms with Crippen LogP contribution in [0.2, 0.25) is 0 Å². The number of carbonyl (C=O) groups excluding carboxylic acids is 1. The largest absolute Gasteiger partial charge is 0.387 e. The highest BCUT2D eigenvalue weighted by molar-refractivity contribution is 6.14. The Morgan fingerprint density at radius 1 is 1.33 bits per heavy atom. The Morgan fingerprint density at radius 3 is 2.80 bits per heavy atom. The second-order valence-electron chi connectivity index (χ2n) is 8.07. The van der Waals surface area contributed by atoms with Crippen LogP contribution in [0.1, 0.15) is 48.3 Å². The van der Waals surface area contributed by atoms with Crippen LogP contribution in [0.15, 0.2) is 30.6 Å². The summed E-state index contributed by atoms with van der Waals surface area (Å²) in [4.78, 5) is 24.7. The van der Waals surface area contributed by atoms with E-state index in [0.29, 0.717) is 39.6 Å². The second-order valence-corrected chi connectivity index (χ2v) is 8.07. The fourth-order valence-corrected chi connectivity index (χ4v) is 4.04. The number of fused-ring (bicyclic) bond motifs is 1. The highest BCUT2D eigenvalue weighted by Crippen LogP contribution is 2.35. The number of nitrogens with zero attached hydrogens (tertiary/aromatic N) is 2. The number of hydrogen-bond acceptors (Lipinski definition) is 5. The highest BCUT2D eigenvalue weighted by Gasteiger charge is 2.31. The standard InChI is InChI=1S/C22H25FN6O/c1-11-6-13(7-11)12(2)28-22(30)16-9-26-21-20(16)29-18(10-27-21)19(24)15-5-4-14(23)8-17(15)25-3/h4-5,8-13,24-25H,6-7H2,1-3H3,(H,26,27)(H,28,30). The van der Waals surface area contributed by atoms with Crippen molar-refractivity contribution in [1.29, 1.82) is 5.41 Å². The summed E-state index contributed by atoms with van der Waals surface area (Å²) >= 11 is 0. The van der Waals surface area contributed by atoms with E-state index in [1.165, 1.54) is 24.4 Å². The van der Waals surface area contributed by atoms with Crippen molar-refractivity contribution < 1.29 is 9.18 Å². The molecule has 2 heterocycles. The number of aromatic nitrogens is 3. The number of hydrogen-bond donors (Lipinski definition) is 4. The maximum atomic E-state index is 13.5. The number of nitrogens with one attached hydrogen (secondary N) is 4. The molecule has 4 N–H and O–H groups in total. The monoisotopic (exact) mass is 408 g/mol. The van der Waals surface area contributed by atoms with Crippen LogP contribution < -0.4 is 10.6 Å². The van der Waals surface area contributed by atoms with Gasteiger partial charge < -0.3 is 15.6 Å². The first-order valence-corrected chi connectivity index (χ1v) is 10.1. The molecule has 1 aromatic carbocycles. The normalized spacial score (nSPS) is 19.2. The van der Waals surface area contributed by atoms with Gasteiger partial charge in [0.05, 0.1) is 17.5 Å². The van der Waals surface area contributed by atoms with Crippen LogP contribution in [0.3, 0.4) is 0 Å². The molecule has 0 aliphatic heterocycles. The maximum absolute atomic E-state index is 13.5. The summed E-state index contributed by atoms with van der Waals surface area (Å²) in [7, 11) is 1.67. The van der Waals surface area contributed by atoms with E-state index >= 15 is 0 Å². The summed E-state index contributed by atoms with van der Waals surface area (Å²) in [5, 5.41) is 14.5. The molecule has 30 heavy (non-hydrogen) atoms. The van der Waals surface area contributed by atoms with Crippen LogP contribution in [0.5, 0.6) is 0 Å². The molecule has 0 saturated heterocycles. The van der Waals surface area contributed by atoms with Crippen molar-refractivity contribution in [3.05, 3.63) is 53.2 Å². The zero-order chi connectivity index (χ0) is 21.4. The van der Waals surface area contributed by atoms with Crippen LogP contribution in [-0.2, 0) is 0 Å². The minimum absolute atomic E-state index is 0.0884. The molecule has 0 bridgehead atoms. The molecule has 1 amide bonds. The van der Waals surface area contributed by atoms with Crippen molar-refractivity contribution in [3.8, 4) is 0 Å². The van der Waals surface area contributed by atoms with Gasteiger partial charge in [0.25, 0.3) is 5.91 Å². The second kappa shape index (κ2) is 7.85. The van der Waals surface area contributed by atoms with Gasteiger partial charge in [-0.05, 0) is 49.8 Å². The quantitative estimate of drug-likeness (QED) is 0.466. The fraction of sp³-hybridized carbons (Fsp3) is 0.364. The summed E-state index contributed by atoms with van der Waals surface area (Å²) < 4.78 is 13.5. The summed E-state index contributed by atoms with van der Waals surface area (Å²) in [5.74, 6) is 0.624. The number of amides is 1. The molecule has 8 heteroatoms. The Morgan fingerprint density at radius 2 is 2.10 bits per heavy atom. The zero-order valence-electron chi connectivity index (χ0n) is 17.2.